The van der Waals surface area contributed by atoms with Crippen LogP contribution in [-0.2, 0) is 19.1 Å². The van der Waals surface area contributed by atoms with Crippen LogP contribution in [0.5, 0.6) is 0 Å². The summed E-state index contributed by atoms with van der Waals surface area (Å²) in [7, 11) is 0. The molecule has 0 heterocycles. The summed E-state index contributed by atoms with van der Waals surface area (Å²) in [5.41, 5.74) is 0. The van der Waals surface area contributed by atoms with E-state index in [2.05, 4.69) is 86.8 Å². The fourth-order valence-corrected chi connectivity index (χ4v) is 4.98. The third kappa shape index (κ3) is 36.2. The van der Waals surface area contributed by atoms with Crippen molar-refractivity contribution in [2.45, 2.75) is 174 Å². The van der Waals surface area contributed by atoms with E-state index in [1.54, 1.807) is 0 Å². The van der Waals surface area contributed by atoms with E-state index in [0.717, 1.165) is 89.9 Å². The molecule has 0 unspecified atom stereocenters. The smallest absolute Gasteiger partial charge is 0.306 e. The minimum absolute atomic E-state index is 0.0904. The van der Waals surface area contributed by atoms with E-state index in [1.165, 1.54) is 51.4 Å². The van der Waals surface area contributed by atoms with Crippen LogP contribution in [0.2, 0.25) is 0 Å². The maximum absolute atomic E-state index is 12.2. The summed E-state index contributed by atoms with van der Waals surface area (Å²) in [4.78, 5) is 24.2. The monoisotopic (exact) mass is 669 g/mol. The first kappa shape index (κ1) is 45.3. The van der Waals surface area contributed by atoms with Crippen LogP contribution in [0.15, 0.2) is 72.9 Å². The van der Waals surface area contributed by atoms with E-state index in [4.69, 9.17) is 9.47 Å². The summed E-state index contributed by atoms with van der Waals surface area (Å²) in [6.45, 7) is 4.03. The van der Waals surface area contributed by atoms with Crippen molar-refractivity contribution in [2.24, 2.45) is 0 Å². The molecule has 0 saturated carbocycles. The van der Waals surface area contributed by atoms with E-state index < -0.39 is 6.10 Å². The van der Waals surface area contributed by atoms with E-state index in [9.17, 15) is 14.7 Å². The van der Waals surface area contributed by atoms with Gasteiger partial charge in [-0.05, 0) is 89.9 Å². The maximum atomic E-state index is 12.2. The summed E-state index contributed by atoms with van der Waals surface area (Å²) in [6, 6.07) is 0. The molecule has 0 aliphatic rings. The Labute approximate surface area is 295 Å². The predicted molar refractivity (Wildman–Crippen MR) is 205 cm³/mol. The largest absolute Gasteiger partial charge is 0.462 e. The second kappa shape index (κ2) is 38.8. The van der Waals surface area contributed by atoms with Gasteiger partial charge in [0, 0.05) is 12.8 Å². The van der Waals surface area contributed by atoms with Gasteiger partial charge in [0.25, 0.3) is 0 Å². The highest BCUT2D eigenvalue weighted by Gasteiger charge is 2.16. The first-order chi connectivity index (χ1) is 23.6. The molecular weight excluding hydrogens is 596 g/mol. The molecule has 0 rings (SSSR count). The summed E-state index contributed by atoms with van der Waals surface area (Å²) >= 11 is 0. The van der Waals surface area contributed by atoms with Gasteiger partial charge in [-0.25, -0.2) is 0 Å². The molecule has 0 aliphatic heterocycles. The van der Waals surface area contributed by atoms with Crippen LogP contribution in [0, 0.1) is 0 Å². The molecule has 0 aromatic carbocycles. The fraction of sp³-hybridized carbons (Fsp3) is 0.674. The standard InChI is InChI=1S/C43H72O5/c1-3-5-7-9-11-13-15-17-19-21-23-25-27-29-31-33-35-37-42(45)47-40-41(39-44)48-43(46)38-36-34-32-30-28-26-24-22-20-18-16-14-12-10-8-6-4-2/h11-14,17-20,23-26,41,44H,3-10,15-16,21-22,27-40H2,1-2H3/t41-/m0/s1. The molecule has 1 atom stereocenters. The van der Waals surface area contributed by atoms with E-state index in [1.807, 2.05) is 0 Å². The Morgan fingerprint density at radius 1 is 0.479 bits per heavy atom. The van der Waals surface area contributed by atoms with Gasteiger partial charge in [-0.1, -0.05) is 138 Å². The zero-order chi connectivity index (χ0) is 35.0. The molecule has 0 fully saturated rings. The molecular formula is C43H72O5. The lowest BCUT2D eigenvalue weighted by Gasteiger charge is -2.15. The van der Waals surface area contributed by atoms with Crippen LogP contribution in [-0.4, -0.2) is 36.4 Å². The number of carbonyl (C=O) groups excluding carboxylic acids is 2. The van der Waals surface area contributed by atoms with Crippen molar-refractivity contribution in [3.05, 3.63) is 72.9 Å². The molecule has 1 N–H and O–H groups in total. The van der Waals surface area contributed by atoms with Crippen molar-refractivity contribution in [3.8, 4) is 0 Å². The molecule has 0 aromatic heterocycles. The topological polar surface area (TPSA) is 72.8 Å². The minimum atomic E-state index is -0.795. The average molecular weight is 669 g/mol. The van der Waals surface area contributed by atoms with Gasteiger partial charge in [0.2, 0.25) is 0 Å². The van der Waals surface area contributed by atoms with Gasteiger partial charge in [0.15, 0.2) is 6.10 Å². The molecule has 0 bridgehead atoms. The third-order valence-electron chi connectivity index (χ3n) is 7.97. The van der Waals surface area contributed by atoms with Crippen LogP contribution in [0.3, 0.4) is 0 Å². The van der Waals surface area contributed by atoms with Crippen molar-refractivity contribution < 1.29 is 24.2 Å². The lowest BCUT2D eigenvalue weighted by atomic mass is 10.1. The molecule has 0 radical (unpaired) electrons. The van der Waals surface area contributed by atoms with Crippen molar-refractivity contribution in [1.82, 2.24) is 0 Å². The number of hydrogen-bond acceptors (Lipinski definition) is 5. The minimum Gasteiger partial charge on any atom is -0.462 e. The number of esters is 2. The number of aliphatic hydroxyl groups excluding tert-OH is 1. The average Bonchev–Trinajstić information content (AvgIpc) is 3.09. The Bertz CT molecular complexity index is 895. The van der Waals surface area contributed by atoms with Crippen LogP contribution in [0.25, 0.3) is 0 Å². The first-order valence-corrected chi connectivity index (χ1v) is 19.5. The fourth-order valence-electron chi connectivity index (χ4n) is 4.98. The van der Waals surface area contributed by atoms with Gasteiger partial charge in [-0.2, -0.15) is 0 Å². The summed E-state index contributed by atoms with van der Waals surface area (Å²) in [5, 5.41) is 9.55. The lowest BCUT2D eigenvalue weighted by Crippen LogP contribution is -2.28. The number of ether oxygens (including phenoxy) is 2. The quantitative estimate of drug-likeness (QED) is 0.0420. The van der Waals surface area contributed by atoms with E-state index >= 15 is 0 Å². The molecule has 274 valence electrons. The molecule has 0 saturated heterocycles. The van der Waals surface area contributed by atoms with Crippen molar-refractivity contribution in [1.29, 1.82) is 0 Å². The second-order valence-electron chi connectivity index (χ2n) is 12.6. The van der Waals surface area contributed by atoms with Gasteiger partial charge in [0.05, 0.1) is 6.61 Å². The van der Waals surface area contributed by atoms with Gasteiger partial charge in [-0.3, -0.25) is 9.59 Å². The highest BCUT2D eigenvalue weighted by atomic mass is 16.6. The number of hydrogen-bond donors (Lipinski definition) is 1. The zero-order valence-electron chi connectivity index (χ0n) is 31.0. The highest BCUT2D eigenvalue weighted by Crippen LogP contribution is 2.10. The zero-order valence-corrected chi connectivity index (χ0v) is 31.0. The number of unbranched alkanes of at least 4 members (excludes halogenated alkanes) is 14. The summed E-state index contributed by atoms with van der Waals surface area (Å²) < 4.78 is 10.6. The Hall–Kier alpha value is -2.66. The lowest BCUT2D eigenvalue weighted by molar-refractivity contribution is -0.161. The molecule has 0 spiro atoms. The third-order valence-corrected chi connectivity index (χ3v) is 7.97. The van der Waals surface area contributed by atoms with E-state index in [0.29, 0.717) is 12.8 Å². The Balaban J connectivity index is 3.68. The Morgan fingerprint density at radius 2 is 0.833 bits per heavy atom. The van der Waals surface area contributed by atoms with Crippen molar-refractivity contribution in [2.75, 3.05) is 13.2 Å². The molecule has 0 aliphatic carbocycles. The predicted octanol–water partition coefficient (Wildman–Crippen LogP) is 12.2. The molecule has 0 amide bonds. The number of rotatable bonds is 34. The first-order valence-electron chi connectivity index (χ1n) is 19.5. The van der Waals surface area contributed by atoms with Gasteiger partial charge < -0.3 is 14.6 Å². The normalized spacial score (nSPS) is 13.0. The van der Waals surface area contributed by atoms with Crippen LogP contribution >= 0.6 is 0 Å². The SMILES string of the molecule is CCCCCC=CCC=CCC=CCCCCCCC(=O)OC[C@H](CO)OC(=O)CCCCCCC=CCC=CCC=CCCCCC. The highest BCUT2D eigenvalue weighted by molar-refractivity contribution is 5.70. The summed E-state index contributed by atoms with van der Waals surface area (Å²) in [6.07, 6.45) is 50.9. The Morgan fingerprint density at radius 3 is 1.23 bits per heavy atom. The number of aliphatic hydroxyl groups is 1. The van der Waals surface area contributed by atoms with Gasteiger partial charge in [0.1, 0.15) is 6.61 Å². The van der Waals surface area contributed by atoms with Crippen LogP contribution < -0.4 is 0 Å². The molecule has 0 aromatic rings. The number of allylic oxidation sites excluding steroid dienone is 12. The second-order valence-corrected chi connectivity index (χ2v) is 12.6. The van der Waals surface area contributed by atoms with Crippen LogP contribution in [0.4, 0.5) is 0 Å². The maximum Gasteiger partial charge on any atom is 0.306 e. The van der Waals surface area contributed by atoms with E-state index in [-0.39, 0.29) is 25.2 Å². The Kier molecular flexibility index (Phi) is 36.6. The molecule has 5 heteroatoms. The molecule has 48 heavy (non-hydrogen) atoms. The van der Waals surface area contributed by atoms with Crippen LogP contribution in [0.1, 0.15) is 168 Å². The van der Waals surface area contributed by atoms with Crippen molar-refractivity contribution >= 4 is 11.9 Å². The van der Waals surface area contributed by atoms with Crippen molar-refractivity contribution in [3.63, 3.8) is 0 Å². The molecule has 5 nitrogen and oxygen atoms in total. The van der Waals surface area contributed by atoms with Gasteiger partial charge in [-0.15, -0.1) is 0 Å². The number of carbonyl (C=O) groups is 2. The van der Waals surface area contributed by atoms with Gasteiger partial charge >= 0.3 is 11.9 Å². The summed E-state index contributed by atoms with van der Waals surface area (Å²) in [5.74, 6) is -0.648.